The monoisotopic (exact) mass is 458 g/mol. The summed E-state index contributed by atoms with van der Waals surface area (Å²) in [7, 11) is -1.80. The summed E-state index contributed by atoms with van der Waals surface area (Å²) in [4.78, 5) is 17.8. The Hall–Kier alpha value is -2.32. The highest BCUT2D eigenvalue weighted by molar-refractivity contribution is 7.89. The standard InChI is InChI=1S/C24H34N4O3S/c1-18-8-9-19(2)21(16-18)26-12-14-27(15-13-26)24(29)22-17-23(20(3)25(22)4)32(30,31)28-10-6-5-7-11-28/h8-9,16-17H,5-7,10-15H2,1-4H3. The minimum Gasteiger partial charge on any atom is -0.368 e. The van der Waals surface area contributed by atoms with Crippen molar-refractivity contribution in [2.75, 3.05) is 44.2 Å². The number of hydrogen-bond acceptors (Lipinski definition) is 4. The number of hydrogen-bond donors (Lipinski definition) is 0. The van der Waals surface area contributed by atoms with Gasteiger partial charge in [-0.2, -0.15) is 4.31 Å². The summed E-state index contributed by atoms with van der Waals surface area (Å²) in [6.45, 7) is 9.86. The van der Waals surface area contributed by atoms with Crippen molar-refractivity contribution in [2.45, 2.75) is 44.9 Å². The Kier molecular flexibility index (Phi) is 6.36. The van der Waals surface area contributed by atoms with Gasteiger partial charge < -0.3 is 14.4 Å². The summed E-state index contributed by atoms with van der Waals surface area (Å²) >= 11 is 0. The Morgan fingerprint density at radius 2 is 1.53 bits per heavy atom. The molecule has 0 unspecified atom stereocenters. The van der Waals surface area contributed by atoms with Crippen LogP contribution in [0.25, 0.3) is 0 Å². The molecule has 32 heavy (non-hydrogen) atoms. The first kappa shape index (κ1) is 22.9. The van der Waals surface area contributed by atoms with Crippen molar-refractivity contribution < 1.29 is 13.2 Å². The van der Waals surface area contributed by atoms with Gasteiger partial charge in [0.1, 0.15) is 10.6 Å². The number of rotatable bonds is 4. The first-order chi connectivity index (χ1) is 15.2. The van der Waals surface area contributed by atoms with Crippen molar-refractivity contribution in [1.82, 2.24) is 13.8 Å². The van der Waals surface area contributed by atoms with Gasteiger partial charge in [-0.3, -0.25) is 4.79 Å². The first-order valence-electron chi connectivity index (χ1n) is 11.5. The van der Waals surface area contributed by atoms with E-state index in [0.29, 0.717) is 37.6 Å². The Balaban J connectivity index is 1.51. The molecule has 1 aromatic heterocycles. The van der Waals surface area contributed by atoms with Gasteiger partial charge in [-0.15, -0.1) is 0 Å². The molecule has 3 heterocycles. The van der Waals surface area contributed by atoms with Crippen LogP contribution in [0.5, 0.6) is 0 Å². The minimum atomic E-state index is -3.58. The molecule has 2 aliphatic rings. The van der Waals surface area contributed by atoms with Gasteiger partial charge in [0.05, 0.1) is 0 Å². The third-order valence-electron chi connectivity index (χ3n) is 6.91. The lowest BCUT2D eigenvalue weighted by molar-refractivity contribution is 0.0737. The van der Waals surface area contributed by atoms with E-state index in [1.54, 1.807) is 28.9 Å². The number of amides is 1. The molecule has 0 atom stereocenters. The summed E-state index contributed by atoms with van der Waals surface area (Å²) in [5, 5.41) is 0. The molecule has 0 radical (unpaired) electrons. The number of carbonyl (C=O) groups excluding carboxylic acids is 1. The maximum Gasteiger partial charge on any atom is 0.270 e. The number of aryl methyl sites for hydroxylation is 2. The molecule has 4 rings (SSSR count). The quantitative estimate of drug-likeness (QED) is 0.706. The van der Waals surface area contributed by atoms with E-state index in [2.05, 4.69) is 36.9 Å². The smallest absolute Gasteiger partial charge is 0.270 e. The van der Waals surface area contributed by atoms with Crippen molar-refractivity contribution in [3.05, 3.63) is 46.8 Å². The van der Waals surface area contributed by atoms with Crippen molar-refractivity contribution in [3.8, 4) is 0 Å². The van der Waals surface area contributed by atoms with E-state index < -0.39 is 10.0 Å². The number of piperidine rings is 1. The number of anilines is 1. The molecule has 2 fully saturated rings. The summed E-state index contributed by atoms with van der Waals surface area (Å²) in [6.07, 6.45) is 2.85. The van der Waals surface area contributed by atoms with Crippen LogP contribution in [-0.2, 0) is 17.1 Å². The van der Waals surface area contributed by atoms with Gasteiger partial charge in [-0.25, -0.2) is 8.42 Å². The van der Waals surface area contributed by atoms with E-state index in [1.165, 1.54) is 16.8 Å². The number of sulfonamides is 1. The lowest BCUT2D eigenvalue weighted by Crippen LogP contribution is -2.49. The largest absolute Gasteiger partial charge is 0.368 e. The van der Waals surface area contributed by atoms with Crippen molar-refractivity contribution in [3.63, 3.8) is 0 Å². The first-order valence-corrected chi connectivity index (χ1v) is 12.9. The molecule has 8 heteroatoms. The molecular weight excluding hydrogens is 424 g/mol. The molecule has 0 N–H and O–H groups in total. The Morgan fingerprint density at radius 1 is 0.875 bits per heavy atom. The van der Waals surface area contributed by atoms with Crippen LogP contribution in [0.15, 0.2) is 29.2 Å². The predicted molar refractivity (Wildman–Crippen MR) is 127 cm³/mol. The van der Waals surface area contributed by atoms with Crippen LogP contribution >= 0.6 is 0 Å². The fraction of sp³-hybridized carbons (Fsp3) is 0.542. The summed E-state index contributed by atoms with van der Waals surface area (Å²) < 4.78 is 29.7. The normalized spacial score (nSPS) is 18.2. The molecule has 2 aliphatic heterocycles. The van der Waals surface area contributed by atoms with Crippen LogP contribution in [0.1, 0.15) is 46.6 Å². The molecule has 1 aromatic carbocycles. The zero-order valence-corrected chi connectivity index (χ0v) is 20.4. The van der Waals surface area contributed by atoms with Crippen LogP contribution in [0, 0.1) is 20.8 Å². The summed E-state index contributed by atoms with van der Waals surface area (Å²) in [5.74, 6) is -0.101. The third-order valence-corrected chi connectivity index (χ3v) is 8.93. The molecule has 2 saturated heterocycles. The summed E-state index contributed by atoms with van der Waals surface area (Å²) in [6, 6.07) is 8.04. The molecule has 0 saturated carbocycles. The molecule has 0 bridgehead atoms. The van der Waals surface area contributed by atoms with E-state index in [-0.39, 0.29) is 10.8 Å². The van der Waals surface area contributed by atoms with Crippen molar-refractivity contribution >= 4 is 21.6 Å². The molecule has 174 valence electrons. The fourth-order valence-electron chi connectivity index (χ4n) is 4.75. The van der Waals surface area contributed by atoms with Gasteiger partial charge in [-0.05, 0) is 56.9 Å². The third kappa shape index (κ3) is 4.18. The number of piperazine rings is 1. The predicted octanol–water partition coefficient (Wildman–Crippen LogP) is 3.09. The van der Waals surface area contributed by atoms with E-state index in [4.69, 9.17) is 0 Å². The molecular formula is C24H34N4O3S. The lowest BCUT2D eigenvalue weighted by atomic mass is 10.1. The molecule has 0 aliphatic carbocycles. The van der Waals surface area contributed by atoms with Gasteiger partial charge in [-0.1, -0.05) is 18.6 Å². The van der Waals surface area contributed by atoms with Gasteiger partial charge in [0.15, 0.2) is 0 Å². The number of benzene rings is 1. The zero-order valence-electron chi connectivity index (χ0n) is 19.6. The average Bonchev–Trinajstić information content (AvgIpc) is 3.11. The van der Waals surface area contributed by atoms with Crippen LogP contribution in [0.4, 0.5) is 5.69 Å². The van der Waals surface area contributed by atoms with E-state index in [9.17, 15) is 13.2 Å². The second kappa shape index (κ2) is 8.90. The van der Waals surface area contributed by atoms with Crippen LogP contribution in [0.2, 0.25) is 0 Å². The molecule has 2 aromatic rings. The van der Waals surface area contributed by atoms with Crippen molar-refractivity contribution in [2.24, 2.45) is 7.05 Å². The molecule has 1 amide bonds. The number of nitrogens with zero attached hydrogens (tertiary/aromatic N) is 4. The van der Waals surface area contributed by atoms with Crippen LogP contribution in [0.3, 0.4) is 0 Å². The number of aromatic nitrogens is 1. The zero-order chi connectivity index (χ0) is 23.0. The second-order valence-electron chi connectivity index (χ2n) is 9.07. The van der Waals surface area contributed by atoms with E-state index in [0.717, 1.165) is 32.4 Å². The van der Waals surface area contributed by atoms with E-state index >= 15 is 0 Å². The SMILES string of the molecule is Cc1ccc(C)c(N2CCN(C(=O)c3cc(S(=O)(=O)N4CCCCC4)c(C)n3C)CC2)c1. The lowest BCUT2D eigenvalue weighted by Gasteiger charge is -2.37. The fourth-order valence-corrected chi connectivity index (χ4v) is 6.54. The maximum absolute atomic E-state index is 13.3. The van der Waals surface area contributed by atoms with Gasteiger partial charge in [0.2, 0.25) is 10.0 Å². The van der Waals surface area contributed by atoms with Crippen LogP contribution < -0.4 is 4.90 Å². The molecule has 7 nitrogen and oxygen atoms in total. The molecule has 0 spiro atoms. The summed E-state index contributed by atoms with van der Waals surface area (Å²) in [5.41, 5.74) is 4.75. The Labute approximate surface area is 191 Å². The number of carbonyl (C=O) groups is 1. The van der Waals surface area contributed by atoms with Gasteiger partial charge >= 0.3 is 0 Å². The Morgan fingerprint density at radius 3 is 2.19 bits per heavy atom. The maximum atomic E-state index is 13.3. The highest BCUT2D eigenvalue weighted by atomic mass is 32.2. The van der Waals surface area contributed by atoms with Gasteiger partial charge in [0, 0.05) is 57.7 Å². The Bertz CT molecular complexity index is 1110. The van der Waals surface area contributed by atoms with Gasteiger partial charge in [0.25, 0.3) is 5.91 Å². The average molecular weight is 459 g/mol. The van der Waals surface area contributed by atoms with E-state index in [1.807, 2.05) is 4.90 Å². The van der Waals surface area contributed by atoms with Crippen LogP contribution in [-0.4, -0.2) is 67.4 Å². The topological polar surface area (TPSA) is 65.9 Å². The highest BCUT2D eigenvalue weighted by Gasteiger charge is 2.32. The second-order valence-corrected chi connectivity index (χ2v) is 11.0. The minimum absolute atomic E-state index is 0.101. The highest BCUT2D eigenvalue weighted by Crippen LogP contribution is 2.27. The van der Waals surface area contributed by atoms with Crippen molar-refractivity contribution in [1.29, 1.82) is 0 Å².